The van der Waals surface area contributed by atoms with E-state index < -0.39 is 5.97 Å². The summed E-state index contributed by atoms with van der Waals surface area (Å²) in [7, 11) is 0. The number of anilines is 1. The number of ether oxygens (including phenoxy) is 1. The SMILES string of the molecule is CCOC(=O)c1ccc(NC(=O)CCN2C(=O)C(=Cc3ccccc3Cl)SC2=S)cc1. The highest BCUT2D eigenvalue weighted by molar-refractivity contribution is 8.26. The van der Waals surface area contributed by atoms with Crippen LogP contribution in [0.25, 0.3) is 6.08 Å². The quantitative estimate of drug-likeness (QED) is 0.354. The topological polar surface area (TPSA) is 75.7 Å². The molecule has 0 aliphatic carbocycles. The summed E-state index contributed by atoms with van der Waals surface area (Å²) in [6.45, 7) is 2.19. The zero-order valence-corrected chi connectivity index (χ0v) is 19.0. The molecular weight excluding hydrogens is 456 g/mol. The number of carbonyl (C=O) groups is 3. The Hall–Kier alpha value is -2.68. The average Bonchev–Trinajstić information content (AvgIpc) is 3.01. The molecule has 0 radical (unpaired) electrons. The van der Waals surface area contributed by atoms with Crippen LogP contribution in [-0.2, 0) is 14.3 Å². The summed E-state index contributed by atoms with van der Waals surface area (Å²) in [6.07, 6.45) is 1.78. The normalized spacial score (nSPS) is 14.8. The van der Waals surface area contributed by atoms with Crippen molar-refractivity contribution < 1.29 is 19.1 Å². The molecule has 2 amide bonds. The maximum absolute atomic E-state index is 12.7. The molecular formula is C22H19ClN2O4S2. The van der Waals surface area contributed by atoms with E-state index in [-0.39, 0.29) is 24.8 Å². The number of esters is 1. The van der Waals surface area contributed by atoms with E-state index in [1.54, 1.807) is 43.3 Å². The Morgan fingerprint density at radius 2 is 1.90 bits per heavy atom. The van der Waals surface area contributed by atoms with Crippen LogP contribution in [0, 0.1) is 0 Å². The molecule has 3 rings (SSSR count). The molecule has 0 aromatic heterocycles. The van der Waals surface area contributed by atoms with E-state index in [1.807, 2.05) is 18.2 Å². The number of rotatable bonds is 7. The number of halogens is 1. The van der Waals surface area contributed by atoms with Gasteiger partial charge in [0, 0.05) is 23.7 Å². The van der Waals surface area contributed by atoms with Gasteiger partial charge in [0.15, 0.2) is 0 Å². The van der Waals surface area contributed by atoms with E-state index in [4.69, 9.17) is 28.6 Å². The van der Waals surface area contributed by atoms with E-state index in [2.05, 4.69) is 5.32 Å². The van der Waals surface area contributed by atoms with Crippen LogP contribution in [0.5, 0.6) is 0 Å². The van der Waals surface area contributed by atoms with Crippen molar-refractivity contribution in [3.8, 4) is 0 Å². The Morgan fingerprint density at radius 3 is 2.58 bits per heavy atom. The maximum atomic E-state index is 12.7. The van der Waals surface area contributed by atoms with Crippen molar-refractivity contribution in [2.24, 2.45) is 0 Å². The molecule has 2 aromatic rings. The van der Waals surface area contributed by atoms with Crippen LogP contribution in [0.1, 0.15) is 29.3 Å². The molecule has 160 valence electrons. The Kier molecular flexibility index (Phi) is 7.84. The Balaban J connectivity index is 1.56. The van der Waals surface area contributed by atoms with Crippen LogP contribution in [0.2, 0.25) is 5.02 Å². The van der Waals surface area contributed by atoms with Crippen molar-refractivity contribution in [1.82, 2.24) is 4.90 Å². The monoisotopic (exact) mass is 474 g/mol. The fourth-order valence-electron chi connectivity index (χ4n) is 2.77. The third-order valence-electron chi connectivity index (χ3n) is 4.31. The smallest absolute Gasteiger partial charge is 0.338 e. The summed E-state index contributed by atoms with van der Waals surface area (Å²) < 4.78 is 5.33. The van der Waals surface area contributed by atoms with Crippen molar-refractivity contribution in [2.75, 3.05) is 18.5 Å². The van der Waals surface area contributed by atoms with E-state index in [1.165, 1.54) is 16.7 Å². The number of thioether (sulfide) groups is 1. The minimum Gasteiger partial charge on any atom is -0.462 e. The zero-order chi connectivity index (χ0) is 22.4. The Morgan fingerprint density at radius 1 is 1.19 bits per heavy atom. The standard InChI is InChI=1S/C22H19ClN2O4S2/c1-2-29-21(28)14-7-9-16(10-8-14)24-19(26)11-12-25-20(27)18(31-22(25)30)13-15-5-3-4-6-17(15)23/h3-10,13H,2,11-12H2,1H3,(H,24,26). The molecule has 0 bridgehead atoms. The Labute approximate surface area is 194 Å². The van der Waals surface area contributed by atoms with Crippen molar-refractivity contribution >= 4 is 69.4 Å². The lowest BCUT2D eigenvalue weighted by Crippen LogP contribution is -2.31. The predicted octanol–water partition coefficient (Wildman–Crippen LogP) is 4.75. The van der Waals surface area contributed by atoms with Crippen LogP contribution >= 0.6 is 35.6 Å². The third-order valence-corrected chi connectivity index (χ3v) is 6.03. The second kappa shape index (κ2) is 10.6. The fourth-order valence-corrected chi connectivity index (χ4v) is 4.26. The molecule has 2 aromatic carbocycles. The molecule has 0 atom stereocenters. The first-order valence-corrected chi connectivity index (χ1v) is 11.1. The first-order valence-electron chi connectivity index (χ1n) is 9.46. The van der Waals surface area contributed by atoms with Gasteiger partial charge in [-0.1, -0.05) is 53.8 Å². The summed E-state index contributed by atoms with van der Waals surface area (Å²) in [5.41, 5.74) is 1.68. The minimum absolute atomic E-state index is 0.0748. The maximum Gasteiger partial charge on any atom is 0.338 e. The number of amides is 2. The number of thiocarbonyl (C=S) groups is 1. The highest BCUT2D eigenvalue weighted by Crippen LogP contribution is 2.33. The molecule has 1 N–H and O–H groups in total. The largest absolute Gasteiger partial charge is 0.462 e. The van der Waals surface area contributed by atoms with E-state index in [0.29, 0.717) is 32.1 Å². The van der Waals surface area contributed by atoms with Crippen molar-refractivity contribution in [3.05, 3.63) is 69.6 Å². The van der Waals surface area contributed by atoms with Gasteiger partial charge in [0.05, 0.1) is 17.1 Å². The Bertz CT molecular complexity index is 1050. The van der Waals surface area contributed by atoms with Gasteiger partial charge in [-0.2, -0.15) is 0 Å². The van der Waals surface area contributed by atoms with Gasteiger partial charge >= 0.3 is 5.97 Å². The summed E-state index contributed by atoms with van der Waals surface area (Å²) in [6, 6.07) is 13.6. The molecule has 1 aliphatic heterocycles. The van der Waals surface area contributed by atoms with E-state index in [9.17, 15) is 14.4 Å². The van der Waals surface area contributed by atoms with Crippen molar-refractivity contribution in [2.45, 2.75) is 13.3 Å². The molecule has 1 aliphatic rings. The lowest BCUT2D eigenvalue weighted by atomic mass is 10.2. The van der Waals surface area contributed by atoms with Gasteiger partial charge in [-0.3, -0.25) is 14.5 Å². The van der Waals surface area contributed by atoms with Gasteiger partial charge in [0.1, 0.15) is 4.32 Å². The predicted molar refractivity (Wildman–Crippen MR) is 127 cm³/mol. The lowest BCUT2D eigenvalue weighted by Gasteiger charge is -2.14. The fraction of sp³-hybridized carbons (Fsp3) is 0.182. The highest BCUT2D eigenvalue weighted by Gasteiger charge is 2.32. The second-order valence-corrected chi connectivity index (χ2v) is 8.53. The molecule has 6 nitrogen and oxygen atoms in total. The second-order valence-electron chi connectivity index (χ2n) is 6.45. The number of nitrogens with zero attached hydrogens (tertiary/aromatic N) is 1. The average molecular weight is 475 g/mol. The first kappa shape index (κ1) is 23.0. The van der Waals surface area contributed by atoms with Crippen LogP contribution in [0.4, 0.5) is 5.69 Å². The summed E-state index contributed by atoms with van der Waals surface area (Å²) >= 11 is 12.6. The highest BCUT2D eigenvalue weighted by atomic mass is 35.5. The molecule has 0 spiro atoms. The first-order chi connectivity index (χ1) is 14.9. The van der Waals surface area contributed by atoms with Crippen LogP contribution in [-0.4, -0.2) is 40.2 Å². The summed E-state index contributed by atoms with van der Waals surface area (Å²) in [5.74, 6) is -0.936. The number of carbonyl (C=O) groups excluding carboxylic acids is 3. The molecule has 0 saturated carbocycles. The van der Waals surface area contributed by atoms with Crippen LogP contribution in [0.15, 0.2) is 53.4 Å². The molecule has 1 saturated heterocycles. The van der Waals surface area contributed by atoms with Gasteiger partial charge in [-0.05, 0) is 48.9 Å². The molecule has 31 heavy (non-hydrogen) atoms. The molecule has 0 unspecified atom stereocenters. The molecule has 1 heterocycles. The third kappa shape index (κ3) is 5.94. The van der Waals surface area contributed by atoms with Crippen LogP contribution in [0.3, 0.4) is 0 Å². The van der Waals surface area contributed by atoms with E-state index >= 15 is 0 Å². The van der Waals surface area contributed by atoms with Crippen LogP contribution < -0.4 is 5.32 Å². The van der Waals surface area contributed by atoms with Crippen molar-refractivity contribution in [1.29, 1.82) is 0 Å². The van der Waals surface area contributed by atoms with Gasteiger partial charge < -0.3 is 10.1 Å². The summed E-state index contributed by atoms with van der Waals surface area (Å²) in [4.78, 5) is 38.5. The molecule has 1 fully saturated rings. The summed E-state index contributed by atoms with van der Waals surface area (Å²) in [5, 5.41) is 3.28. The molecule has 9 heteroatoms. The zero-order valence-electron chi connectivity index (χ0n) is 16.6. The number of benzene rings is 2. The van der Waals surface area contributed by atoms with Gasteiger partial charge in [0.2, 0.25) is 5.91 Å². The van der Waals surface area contributed by atoms with Gasteiger partial charge in [-0.15, -0.1) is 0 Å². The number of hydrogen-bond donors (Lipinski definition) is 1. The number of nitrogens with one attached hydrogen (secondary N) is 1. The van der Waals surface area contributed by atoms with E-state index in [0.717, 1.165) is 5.56 Å². The minimum atomic E-state index is -0.417. The lowest BCUT2D eigenvalue weighted by molar-refractivity contribution is -0.122. The van der Waals surface area contributed by atoms with Crippen molar-refractivity contribution in [3.63, 3.8) is 0 Å². The van der Waals surface area contributed by atoms with Gasteiger partial charge in [0.25, 0.3) is 5.91 Å². The van der Waals surface area contributed by atoms with Gasteiger partial charge in [-0.25, -0.2) is 4.79 Å². The number of hydrogen-bond acceptors (Lipinski definition) is 6.